The molecule has 4 heteroatoms. The van der Waals surface area contributed by atoms with Crippen molar-refractivity contribution >= 4 is 10.0 Å². The SMILES string of the molecule is CC[C@@H]1CCCCN1S(=O)(=O)c1c(C(C)C)cc(C(C)C)cc1C(C)C. The van der Waals surface area contributed by atoms with Crippen LogP contribution in [0.15, 0.2) is 17.0 Å². The van der Waals surface area contributed by atoms with E-state index in [1.54, 1.807) is 4.31 Å². The molecule has 0 saturated carbocycles. The topological polar surface area (TPSA) is 37.4 Å². The number of rotatable bonds is 6. The lowest BCUT2D eigenvalue weighted by molar-refractivity contribution is 0.246. The highest BCUT2D eigenvalue weighted by Crippen LogP contribution is 2.38. The smallest absolute Gasteiger partial charge is 0.207 e. The minimum Gasteiger partial charge on any atom is -0.207 e. The first-order chi connectivity index (χ1) is 12.1. The summed E-state index contributed by atoms with van der Waals surface area (Å²) in [5.41, 5.74) is 3.21. The van der Waals surface area contributed by atoms with E-state index in [2.05, 4.69) is 60.6 Å². The number of piperidine rings is 1. The van der Waals surface area contributed by atoms with Gasteiger partial charge in [0.1, 0.15) is 0 Å². The molecule has 1 aromatic carbocycles. The molecule has 1 saturated heterocycles. The van der Waals surface area contributed by atoms with E-state index in [-0.39, 0.29) is 17.9 Å². The molecule has 0 spiro atoms. The number of hydrogen-bond donors (Lipinski definition) is 0. The zero-order valence-electron chi connectivity index (χ0n) is 17.7. The second-order valence-corrected chi connectivity index (χ2v) is 10.5. The maximum absolute atomic E-state index is 13.8. The minimum absolute atomic E-state index is 0.138. The first kappa shape index (κ1) is 21.4. The molecule has 1 atom stereocenters. The van der Waals surface area contributed by atoms with Crippen LogP contribution in [-0.4, -0.2) is 25.3 Å². The number of nitrogens with zero attached hydrogens (tertiary/aromatic N) is 1. The van der Waals surface area contributed by atoms with Gasteiger partial charge in [0, 0.05) is 12.6 Å². The van der Waals surface area contributed by atoms with E-state index in [9.17, 15) is 8.42 Å². The average Bonchev–Trinajstić information content (AvgIpc) is 2.60. The van der Waals surface area contributed by atoms with E-state index >= 15 is 0 Å². The quantitative estimate of drug-likeness (QED) is 0.607. The summed E-state index contributed by atoms with van der Waals surface area (Å²) in [6, 6.07) is 4.41. The molecule has 1 aliphatic heterocycles. The van der Waals surface area contributed by atoms with Crippen LogP contribution >= 0.6 is 0 Å². The van der Waals surface area contributed by atoms with Crippen molar-refractivity contribution in [2.24, 2.45) is 0 Å². The summed E-state index contributed by atoms with van der Waals surface area (Å²) in [5, 5.41) is 0. The highest BCUT2D eigenvalue weighted by atomic mass is 32.2. The van der Waals surface area contributed by atoms with Crippen LogP contribution < -0.4 is 0 Å². The van der Waals surface area contributed by atoms with Gasteiger partial charge in [-0.25, -0.2) is 8.42 Å². The van der Waals surface area contributed by atoms with Gasteiger partial charge in [0.05, 0.1) is 4.90 Å². The molecule has 0 N–H and O–H groups in total. The Bertz CT molecular complexity index is 691. The molecular formula is C22H37NO2S. The first-order valence-electron chi connectivity index (χ1n) is 10.3. The van der Waals surface area contributed by atoms with Gasteiger partial charge in [0.15, 0.2) is 0 Å². The van der Waals surface area contributed by atoms with Gasteiger partial charge in [0.25, 0.3) is 0 Å². The van der Waals surface area contributed by atoms with Crippen molar-refractivity contribution in [1.82, 2.24) is 4.31 Å². The van der Waals surface area contributed by atoms with E-state index in [0.717, 1.165) is 36.8 Å². The Kier molecular flexibility index (Phi) is 6.95. The molecule has 0 radical (unpaired) electrons. The van der Waals surface area contributed by atoms with Crippen LogP contribution in [0.3, 0.4) is 0 Å². The summed E-state index contributed by atoms with van der Waals surface area (Å²) in [4.78, 5) is 0.590. The van der Waals surface area contributed by atoms with Gasteiger partial charge in [-0.2, -0.15) is 4.31 Å². The number of sulfonamides is 1. The fourth-order valence-corrected chi connectivity index (χ4v) is 6.44. The summed E-state index contributed by atoms with van der Waals surface area (Å²) in [7, 11) is -3.48. The van der Waals surface area contributed by atoms with Gasteiger partial charge in [0.2, 0.25) is 10.0 Å². The molecule has 0 aromatic heterocycles. The molecule has 0 bridgehead atoms. The third-order valence-electron chi connectivity index (χ3n) is 5.69. The Labute approximate surface area is 161 Å². The zero-order valence-corrected chi connectivity index (χ0v) is 18.5. The largest absolute Gasteiger partial charge is 0.243 e. The van der Waals surface area contributed by atoms with E-state index in [4.69, 9.17) is 0 Å². The van der Waals surface area contributed by atoms with Gasteiger partial charge in [-0.3, -0.25) is 0 Å². The lowest BCUT2D eigenvalue weighted by Crippen LogP contribution is -2.44. The van der Waals surface area contributed by atoms with Crippen molar-refractivity contribution in [2.75, 3.05) is 6.54 Å². The molecule has 1 heterocycles. The lowest BCUT2D eigenvalue weighted by atomic mass is 9.89. The molecule has 0 aliphatic carbocycles. The van der Waals surface area contributed by atoms with Crippen molar-refractivity contribution in [1.29, 1.82) is 0 Å². The summed E-state index contributed by atoms with van der Waals surface area (Å²) in [5.74, 6) is 0.752. The van der Waals surface area contributed by atoms with E-state index in [1.807, 2.05) is 0 Å². The molecule has 2 rings (SSSR count). The van der Waals surface area contributed by atoms with Gasteiger partial charge >= 0.3 is 0 Å². The van der Waals surface area contributed by atoms with Crippen LogP contribution in [-0.2, 0) is 10.0 Å². The minimum atomic E-state index is -3.48. The van der Waals surface area contributed by atoms with E-state index in [1.165, 1.54) is 5.56 Å². The monoisotopic (exact) mass is 379 g/mol. The number of benzene rings is 1. The van der Waals surface area contributed by atoms with E-state index < -0.39 is 10.0 Å². The third kappa shape index (κ3) is 4.17. The zero-order chi connectivity index (χ0) is 19.6. The Morgan fingerprint density at radius 2 is 1.50 bits per heavy atom. The van der Waals surface area contributed by atoms with Crippen LogP contribution in [0.25, 0.3) is 0 Å². The average molecular weight is 380 g/mol. The normalized spacial score (nSPS) is 19.7. The standard InChI is InChI=1S/C22H37NO2S/c1-8-19-11-9-10-12-23(19)26(24,25)22-20(16(4)5)13-18(15(2)3)14-21(22)17(6)7/h13-17,19H,8-12H2,1-7H3/t19-/m1/s1. The Morgan fingerprint density at radius 1 is 0.962 bits per heavy atom. The van der Waals surface area contributed by atoms with Crippen molar-refractivity contribution in [3.63, 3.8) is 0 Å². The summed E-state index contributed by atoms with van der Waals surface area (Å²) >= 11 is 0. The third-order valence-corrected chi connectivity index (χ3v) is 7.78. The highest BCUT2D eigenvalue weighted by Gasteiger charge is 2.36. The Balaban J connectivity index is 2.73. The fourth-order valence-electron chi connectivity index (χ4n) is 4.00. The van der Waals surface area contributed by atoms with E-state index in [0.29, 0.717) is 17.4 Å². The molecule has 3 nitrogen and oxygen atoms in total. The molecule has 0 unspecified atom stereocenters. The molecule has 1 fully saturated rings. The van der Waals surface area contributed by atoms with Gasteiger partial charge in [-0.1, -0.05) is 67.0 Å². The lowest BCUT2D eigenvalue weighted by Gasteiger charge is -2.36. The summed E-state index contributed by atoms with van der Waals surface area (Å²) < 4.78 is 29.4. The predicted molar refractivity (Wildman–Crippen MR) is 111 cm³/mol. The Morgan fingerprint density at radius 3 is 1.92 bits per heavy atom. The molecule has 1 aromatic rings. The van der Waals surface area contributed by atoms with Gasteiger partial charge < -0.3 is 0 Å². The van der Waals surface area contributed by atoms with Crippen LogP contribution in [0, 0.1) is 0 Å². The molecule has 148 valence electrons. The van der Waals surface area contributed by atoms with Crippen LogP contribution in [0.4, 0.5) is 0 Å². The maximum atomic E-state index is 13.8. The second-order valence-electron chi connectivity index (χ2n) is 8.67. The van der Waals surface area contributed by atoms with Crippen molar-refractivity contribution in [3.05, 3.63) is 28.8 Å². The predicted octanol–water partition coefficient (Wildman–Crippen LogP) is 6.01. The summed E-state index contributed by atoms with van der Waals surface area (Å²) in [6.07, 6.45) is 3.96. The molecule has 0 amide bonds. The van der Waals surface area contributed by atoms with Crippen molar-refractivity contribution in [2.45, 2.75) is 103 Å². The second kappa shape index (κ2) is 8.43. The maximum Gasteiger partial charge on any atom is 0.243 e. The summed E-state index contributed by atoms with van der Waals surface area (Å²) in [6.45, 7) is 15.5. The van der Waals surface area contributed by atoms with Crippen LogP contribution in [0.5, 0.6) is 0 Å². The fraction of sp³-hybridized carbons (Fsp3) is 0.727. The molecular weight excluding hydrogens is 342 g/mol. The van der Waals surface area contributed by atoms with Gasteiger partial charge in [-0.05, 0) is 53.7 Å². The Hall–Kier alpha value is -0.870. The van der Waals surface area contributed by atoms with Gasteiger partial charge in [-0.15, -0.1) is 0 Å². The highest BCUT2D eigenvalue weighted by molar-refractivity contribution is 7.89. The number of hydrogen-bond acceptors (Lipinski definition) is 2. The van der Waals surface area contributed by atoms with Crippen molar-refractivity contribution < 1.29 is 8.42 Å². The molecule has 1 aliphatic rings. The first-order valence-corrected chi connectivity index (χ1v) is 11.7. The van der Waals surface area contributed by atoms with Crippen LogP contribution in [0.2, 0.25) is 0 Å². The van der Waals surface area contributed by atoms with Crippen molar-refractivity contribution in [3.8, 4) is 0 Å². The molecule has 26 heavy (non-hydrogen) atoms. The van der Waals surface area contributed by atoms with Crippen LogP contribution in [0.1, 0.15) is 109 Å².